The molecule has 0 radical (unpaired) electrons. The van der Waals surface area contributed by atoms with Gasteiger partial charge in [0.2, 0.25) is 0 Å². The smallest absolute Gasteiger partial charge is 0.410 e. The molecule has 5 nitrogen and oxygen atoms in total. The minimum atomic E-state index is -0.523. The van der Waals surface area contributed by atoms with Gasteiger partial charge in [-0.3, -0.25) is 4.90 Å². The van der Waals surface area contributed by atoms with Gasteiger partial charge in [-0.1, -0.05) is 18.2 Å². The van der Waals surface area contributed by atoms with E-state index in [0.29, 0.717) is 13.1 Å². The van der Waals surface area contributed by atoms with E-state index in [0.717, 1.165) is 12.1 Å². The van der Waals surface area contributed by atoms with Crippen molar-refractivity contribution in [1.82, 2.24) is 10.2 Å². The molecule has 1 saturated heterocycles. The fourth-order valence-electron chi connectivity index (χ4n) is 2.29. The average molecular weight is 278 g/mol. The Kier molecular flexibility index (Phi) is 4.18. The molecule has 2 N–H and O–H groups in total. The zero-order valence-electron chi connectivity index (χ0n) is 12.2. The third kappa shape index (κ3) is 3.42. The first kappa shape index (κ1) is 14.7. The lowest BCUT2D eigenvalue weighted by atomic mass is 10.0. The van der Waals surface area contributed by atoms with Crippen molar-refractivity contribution in [2.75, 3.05) is 19.6 Å². The number of benzene rings is 1. The van der Waals surface area contributed by atoms with Crippen molar-refractivity contribution in [2.45, 2.75) is 32.4 Å². The number of phenolic OH excluding ortho intramolecular Hbond substituents is 1. The van der Waals surface area contributed by atoms with E-state index in [2.05, 4.69) is 5.32 Å². The van der Waals surface area contributed by atoms with Crippen molar-refractivity contribution in [2.24, 2.45) is 0 Å². The van der Waals surface area contributed by atoms with E-state index in [9.17, 15) is 9.90 Å². The molecule has 1 atom stereocenters. The molecule has 1 heterocycles. The Labute approximate surface area is 119 Å². The van der Waals surface area contributed by atoms with Gasteiger partial charge in [0, 0.05) is 25.2 Å². The topological polar surface area (TPSA) is 61.8 Å². The zero-order chi connectivity index (χ0) is 14.8. The highest BCUT2D eigenvalue weighted by atomic mass is 16.6. The maximum absolute atomic E-state index is 12.3. The van der Waals surface area contributed by atoms with Gasteiger partial charge in [0.15, 0.2) is 0 Å². The summed E-state index contributed by atoms with van der Waals surface area (Å²) in [4.78, 5) is 14.0. The number of hydrogen-bond acceptors (Lipinski definition) is 4. The summed E-state index contributed by atoms with van der Waals surface area (Å²) in [6.45, 7) is 7.44. The molecule has 1 amide bonds. The summed E-state index contributed by atoms with van der Waals surface area (Å²) in [6, 6.07) is 6.89. The van der Waals surface area contributed by atoms with Crippen molar-refractivity contribution in [1.29, 1.82) is 0 Å². The van der Waals surface area contributed by atoms with Gasteiger partial charge in [-0.25, -0.2) is 4.79 Å². The van der Waals surface area contributed by atoms with Gasteiger partial charge < -0.3 is 15.2 Å². The number of piperazine rings is 1. The molecule has 0 aromatic heterocycles. The van der Waals surface area contributed by atoms with Crippen LogP contribution in [0, 0.1) is 0 Å². The van der Waals surface area contributed by atoms with Crippen molar-refractivity contribution in [3.8, 4) is 5.75 Å². The van der Waals surface area contributed by atoms with Gasteiger partial charge in [0.05, 0.1) is 6.04 Å². The highest BCUT2D eigenvalue weighted by Crippen LogP contribution is 2.30. The molecule has 1 unspecified atom stereocenters. The van der Waals surface area contributed by atoms with Crippen molar-refractivity contribution >= 4 is 6.09 Å². The molecule has 0 spiro atoms. The standard InChI is InChI=1S/C15H22N2O3/c1-15(2,3)20-14(19)17-9-8-16-10-12(17)11-6-4-5-7-13(11)18/h4-7,12,16,18H,8-10H2,1-3H3. The summed E-state index contributed by atoms with van der Waals surface area (Å²) in [5.41, 5.74) is 0.219. The van der Waals surface area contributed by atoms with Gasteiger partial charge in [0.25, 0.3) is 0 Å². The summed E-state index contributed by atoms with van der Waals surface area (Å²) in [5, 5.41) is 13.2. The molecule has 1 aromatic carbocycles. The van der Waals surface area contributed by atoms with Crippen molar-refractivity contribution in [3.63, 3.8) is 0 Å². The summed E-state index contributed by atoms with van der Waals surface area (Å²) in [7, 11) is 0. The summed E-state index contributed by atoms with van der Waals surface area (Å²) in [5.74, 6) is 0.203. The number of nitrogens with one attached hydrogen (secondary N) is 1. The van der Waals surface area contributed by atoms with Crippen molar-refractivity contribution < 1.29 is 14.6 Å². The lowest BCUT2D eigenvalue weighted by molar-refractivity contribution is 0.0116. The highest BCUT2D eigenvalue weighted by Gasteiger charge is 2.32. The molecule has 0 saturated carbocycles. The van der Waals surface area contributed by atoms with Gasteiger partial charge in [-0.05, 0) is 26.8 Å². The maximum atomic E-state index is 12.3. The van der Waals surface area contributed by atoms with E-state index >= 15 is 0 Å². The Balaban J connectivity index is 2.22. The quantitative estimate of drug-likeness (QED) is 0.827. The van der Waals surface area contributed by atoms with Crippen molar-refractivity contribution in [3.05, 3.63) is 29.8 Å². The molecule has 0 aliphatic carbocycles. The van der Waals surface area contributed by atoms with Crippen LogP contribution >= 0.6 is 0 Å². The van der Waals surface area contributed by atoms with Crippen LogP contribution in [0.4, 0.5) is 4.79 Å². The van der Waals surface area contributed by atoms with E-state index in [1.165, 1.54) is 0 Å². The van der Waals surface area contributed by atoms with E-state index in [1.807, 2.05) is 32.9 Å². The van der Waals surface area contributed by atoms with E-state index in [4.69, 9.17) is 4.74 Å². The molecule has 5 heteroatoms. The molecule has 1 aliphatic heterocycles. The number of nitrogens with zero attached hydrogens (tertiary/aromatic N) is 1. The number of rotatable bonds is 1. The predicted molar refractivity (Wildman–Crippen MR) is 76.7 cm³/mol. The van der Waals surface area contributed by atoms with Crippen LogP contribution in [0.1, 0.15) is 32.4 Å². The lowest BCUT2D eigenvalue weighted by Crippen LogP contribution is -2.50. The van der Waals surface area contributed by atoms with Crippen LogP contribution in [-0.2, 0) is 4.74 Å². The summed E-state index contributed by atoms with van der Waals surface area (Å²) >= 11 is 0. The molecule has 1 aliphatic rings. The van der Waals surface area contributed by atoms with Crippen LogP contribution in [0.2, 0.25) is 0 Å². The van der Waals surface area contributed by atoms with E-state index in [-0.39, 0.29) is 17.9 Å². The van der Waals surface area contributed by atoms with Gasteiger partial charge in [0.1, 0.15) is 11.4 Å². The Morgan fingerprint density at radius 3 is 2.75 bits per heavy atom. The monoisotopic (exact) mass is 278 g/mol. The molecule has 2 rings (SSSR count). The van der Waals surface area contributed by atoms with Crippen LogP contribution in [0.25, 0.3) is 0 Å². The molecule has 1 aromatic rings. The van der Waals surface area contributed by atoms with Crippen LogP contribution in [0.3, 0.4) is 0 Å². The minimum Gasteiger partial charge on any atom is -0.508 e. The Hall–Kier alpha value is -1.75. The highest BCUT2D eigenvalue weighted by molar-refractivity contribution is 5.69. The molecule has 20 heavy (non-hydrogen) atoms. The van der Waals surface area contributed by atoms with Crippen LogP contribution in [0.5, 0.6) is 5.75 Å². The normalized spacial score (nSPS) is 19.8. The molecular formula is C15H22N2O3. The minimum absolute atomic E-state index is 0.203. The fourth-order valence-corrected chi connectivity index (χ4v) is 2.29. The molecule has 1 fully saturated rings. The first-order valence-electron chi connectivity index (χ1n) is 6.87. The summed E-state index contributed by atoms with van der Waals surface area (Å²) < 4.78 is 5.45. The third-order valence-corrected chi connectivity index (χ3v) is 3.17. The third-order valence-electron chi connectivity index (χ3n) is 3.17. The molecular weight excluding hydrogens is 256 g/mol. The fraction of sp³-hybridized carbons (Fsp3) is 0.533. The second-order valence-corrected chi connectivity index (χ2v) is 5.95. The number of ether oxygens (including phenoxy) is 1. The average Bonchev–Trinajstić information content (AvgIpc) is 2.37. The first-order chi connectivity index (χ1) is 9.38. The molecule has 110 valence electrons. The van der Waals surface area contributed by atoms with Crippen LogP contribution in [0.15, 0.2) is 24.3 Å². The number of aromatic hydroxyl groups is 1. The SMILES string of the molecule is CC(C)(C)OC(=O)N1CCNCC1c1ccccc1O. The summed E-state index contributed by atoms with van der Waals surface area (Å²) in [6.07, 6.45) is -0.341. The lowest BCUT2D eigenvalue weighted by Gasteiger charge is -2.37. The van der Waals surface area contributed by atoms with Crippen LogP contribution in [-0.4, -0.2) is 41.3 Å². The zero-order valence-corrected chi connectivity index (χ0v) is 12.2. The second-order valence-electron chi connectivity index (χ2n) is 5.95. The van der Waals surface area contributed by atoms with Gasteiger partial charge in [-0.2, -0.15) is 0 Å². The van der Waals surface area contributed by atoms with Gasteiger partial charge in [-0.15, -0.1) is 0 Å². The second kappa shape index (κ2) is 5.71. The number of hydrogen-bond donors (Lipinski definition) is 2. The maximum Gasteiger partial charge on any atom is 0.410 e. The first-order valence-corrected chi connectivity index (χ1v) is 6.87. The van der Waals surface area contributed by atoms with Crippen LogP contribution < -0.4 is 5.32 Å². The largest absolute Gasteiger partial charge is 0.508 e. The molecule has 0 bridgehead atoms. The number of carbonyl (C=O) groups is 1. The predicted octanol–water partition coefficient (Wildman–Crippen LogP) is 2.27. The number of carbonyl (C=O) groups excluding carboxylic acids is 1. The number of phenols is 1. The van der Waals surface area contributed by atoms with E-state index in [1.54, 1.807) is 17.0 Å². The Morgan fingerprint density at radius 1 is 1.40 bits per heavy atom. The Bertz CT molecular complexity index is 482. The number of para-hydroxylation sites is 1. The Morgan fingerprint density at radius 2 is 2.10 bits per heavy atom. The van der Waals surface area contributed by atoms with E-state index < -0.39 is 5.60 Å². The van der Waals surface area contributed by atoms with Gasteiger partial charge >= 0.3 is 6.09 Å². The number of amides is 1.